The Morgan fingerprint density at radius 1 is 1.29 bits per heavy atom. The number of carbonyl (C=O) groups is 2. The van der Waals surface area contributed by atoms with Gasteiger partial charge in [0, 0.05) is 17.0 Å². The third-order valence-electron chi connectivity index (χ3n) is 1.67. The Balaban J connectivity index is 3.14. The third kappa shape index (κ3) is 2.67. The Bertz CT molecular complexity index is 388. The lowest BCUT2D eigenvalue weighted by Crippen LogP contribution is -2.09. The van der Waals surface area contributed by atoms with Gasteiger partial charge in [-0.3, -0.25) is 9.59 Å². The van der Waals surface area contributed by atoms with Crippen molar-refractivity contribution in [2.45, 2.75) is 13.8 Å². The molecule has 0 spiro atoms. The number of ketones is 1. The van der Waals surface area contributed by atoms with Gasteiger partial charge in [-0.2, -0.15) is 0 Å². The van der Waals surface area contributed by atoms with Crippen LogP contribution in [0.15, 0.2) is 22.7 Å². The number of hydrogen-bond donors (Lipinski definition) is 1. The fourth-order valence-electron chi connectivity index (χ4n) is 1.11. The molecule has 0 radical (unpaired) electrons. The Labute approximate surface area is 90.6 Å². The topological polar surface area (TPSA) is 46.2 Å². The summed E-state index contributed by atoms with van der Waals surface area (Å²) >= 11 is 3.27. The second-order valence-electron chi connectivity index (χ2n) is 2.93. The lowest BCUT2D eigenvalue weighted by Gasteiger charge is -2.07. The van der Waals surface area contributed by atoms with E-state index in [1.807, 2.05) is 0 Å². The van der Waals surface area contributed by atoms with E-state index in [2.05, 4.69) is 21.2 Å². The maximum Gasteiger partial charge on any atom is 0.221 e. The largest absolute Gasteiger partial charge is 0.326 e. The van der Waals surface area contributed by atoms with Gasteiger partial charge in [0.05, 0.1) is 5.69 Å². The maximum atomic E-state index is 11.2. The van der Waals surface area contributed by atoms with Crippen molar-refractivity contribution >= 4 is 33.3 Å². The van der Waals surface area contributed by atoms with E-state index in [-0.39, 0.29) is 11.7 Å². The second kappa shape index (κ2) is 4.37. The molecule has 0 saturated heterocycles. The van der Waals surface area contributed by atoms with Crippen LogP contribution in [0.3, 0.4) is 0 Å². The summed E-state index contributed by atoms with van der Waals surface area (Å²) in [7, 11) is 0. The summed E-state index contributed by atoms with van der Waals surface area (Å²) in [5.41, 5.74) is 1.06. The van der Waals surface area contributed by atoms with Gasteiger partial charge in [-0.25, -0.2) is 0 Å². The molecule has 0 aliphatic rings. The van der Waals surface area contributed by atoms with E-state index in [0.717, 1.165) is 4.47 Å². The van der Waals surface area contributed by atoms with E-state index in [9.17, 15) is 9.59 Å². The van der Waals surface area contributed by atoms with Crippen molar-refractivity contribution in [1.82, 2.24) is 0 Å². The number of carbonyl (C=O) groups excluding carboxylic acids is 2. The van der Waals surface area contributed by atoms with Crippen molar-refractivity contribution < 1.29 is 9.59 Å². The average Bonchev–Trinajstić information content (AvgIpc) is 2.07. The van der Waals surface area contributed by atoms with Crippen LogP contribution >= 0.6 is 15.9 Å². The molecule has 0 atom stereocenters. The molecule has 74 valence electrons. The highest BCUT2D eigenvalue weighted by molar-refractivity contribution is 9.10. The normalized spacial score (nSPS) is 9.64. The van der Waals surface area contributed by atoms with Crippen LogP contribution in [0.25, 0.3) is 0 Å². The summed E-state index contributed by atoms with van der Waals surface area (Å²) in [5.74, 6) is -0.259. The maximum absolute atomic E-state index is 11.2. The highest BCUT2D eigenvalue weighted by Gasteiger charge is 2.08. The first kappa shape index (κ1) is 10.9. The van der Waals surface area contributed by atoms with Gasteiger partial charge < -0.3 is 5.32 Å². The highest BCUT2D eigenvalue weighted by Crippen LogP contribution is 2.21. The lowest BCUT2D eigenvalue weighted by atomic mass is 10.1. The summed E-state index contributed by atoms with van der Waals surface area (Å²) in [6.45, 7) is 2.87. The summed E-state index contributed by atoms with van der Waals surface area (Å²) in [4.78, 5) is 22.1. The Hall–Kier alpha value is -1.16. The molecular formula is C10H10BrNO2. The van der Waals surface area contributed by atoms with E-state index in [1.54, 1.807) is 18.2 Å². The van der Waals surface area contributed by atoms with Gasteiger partial charge in [0.2, 0.25) is 5.91 Å². The zero-order valence-corrected chi connectivity index (χ0v) is 9.51. The van der Waals surface area contributed by atoms with Crippen LogP contribution in [0, 0.1) is 0 Å². The van der Waals surface area contributed by atoms with Crippen LogP contribution < -0.4 is 5.32 Å². The minimum Gasteiger partial charge on any atom is -0.326 e. The zero-order valence-electron chi connectivity index (χ0n) is 7.93. The van der Waals surface area contributed by atoms with E-state index in [0.29, 0.717) is 11.3 Å². The van der Waals surface area contributed by atoms with Gasteiger partial charge in [0.25, 0.3) is 0 Å². The molecular weight excluding hydrogens is 246 g/mol. The van der Waals surface area contributed by atoms with Crippen molar-refractivity contribution in [2.24, 2.45) is 0 Å². The van der Waals surface area contributed by atoms with E-state index in [4.69, 9.17) is 0 Å². The number of anilines is 1. The predicted molar refractivity (Wildman–Crippen MR) is 58.5 cm³/mol. The van der Waals surface area contributed by atoms with Crippen LogP contribution in [0.5, 0.6) is 0 Å². The fourth-order valence-corrected chi connectivity index (χ4v) is 1.47. The number of hydrogen-bond acceptors (Lipinski definition) is 2. The van der Waals surface area contributed by atoms with Crippen molar-refractivity contribution in [1.29, 1.82) is 0 Å². The lowest BCUT2D eigenvalue weighted by molar-refractivity contribution is -0.114. The van der Waals surface area contributed by atoms with Gasteiger partial charge in [-0.1, -0.05) is 15.9 Å². The van der Waals surface area contributed by atoms with Gasteiger partial charge in [-0.15, -0.1) is 0 Å². The molecule has 1 N–H and O–H groups in total. The van der Waals surface area contributed by atoms with E-state index < -0.39 is 0 Å². The van der Waals surface area contributed by atoms with Crippen molar-refractivity contribution in [3.8, 4) is 0 Å². The van der Waals surface area contributed by atoms with Gasteiger partial charge in [-0.05, 0) is 25.1 Å². The molecule has 1 aromatic rings. The minimum absolute atomic E-state index is 0.0740. The number of benzene rings is 1. The summed E-state index contributed by atoms with van der Waals surface area (Å²) in [6, 6.07) is 5.16. The van der Waals surface area contributed by atoms with Crippen LogP contribution in [-0.2, 0) is 4.79 Å². The number of amides is 1. The Morgan fingerprint density at radius 3 is 2.43 bits per heavy atom. The van der Waals surface area contributed by atoms with E-state index >= 15 is 0 Å². The van der Waals surface area contributed by atoms with Crippen LogP contribution in [0.1, 0.15) is 24.2 Å². The smallest absolute Gasteiger partial charge is 0.221 e. The molecule has 4 heteroatoms. The highest BCUT2D eigenvalue weighted by atomic mass is 79.9. The standard InChI is InChI=1S/C10H10BrNO2/c1-6(13)9-5-8(11)3-4-10(9)12-7(2)14/h3-5H,1-2H3,(H,12,14). The van der Waals surface area contributed by atoms with Gasteiger partial charge in [0.15, 0.2) is 5.78 Å². The monoisotopic (exact) mass is 255 g/mol. The SMILES string of the molecule is CC(=O)Nc1ccc(Br)cc1C(C)=O. The van der Waals surface area contributed by atoms with Crippen LogP contribution in [0.2, 0.25) is 0 Å². The van der Waals surface area contributed by atoms with Crippen molar-refractivity contribution in [3.05, 3.63) is 28.2 Å². The van der Waals surface area contributed by atoms with Crippen molar-refractivity contribution in [3.63, 3.8) is 0 Å². The fraction of sp³-hybridized carbons (Fsp3) is 0.200. The first-order chi connectivity index (χ1) is 6.50. The summed E-state index contributed by atoms with van der Waals surface area (Å²) < 4.78 is 0.816. The number of Topliss-reactive ketones (excluding diaryl/α,β-unsaturated/α-hetero) is 1. The Morgan fingerprint density at radius 2 is 1.93 bits per heavy atom. The summed E-state index contributed by atoms with van der Waals surface area (Å²) in [5, 5.41) is 2.60. The zero-order chi connectivity index (χ0) is 10.7. The molecule has 0 aliphatic heterocycles. The molecule has 14 heavy (non-hydrogen) atoms. The number of nitrogens with one attached hydrogen (secondary N) is 1. The molecule has 0 heterocycles. The molecule has 0 bridgehead atoms. The molecule has 1 amide bonds. The molecule has 0 fully saturated rings. The predicted octanol–water partition coefficient (Wildman–Crippen LogP) is 2.61. The quantitative estimate of drug-likeness (QED) is 0.826. The van der Waals surface area contributed by atoms with Crippen molar-refractivity contribution in [2.75, 3.05) is 5.32 Å². The van der Waals surface area contributed by atoms with Gasteiger partial charge >= 0.3 is 0 Å². The first-order valence-electron chi connectivity index (χ1n) is 4.09. The molecule has 0 aliphatic carbocycles. The number of halogens is 1. The average molecular weight is 256 g/mol. The molecule has 3 nitrogen and oxygen atoms in total. The summed E-state index contributed by atoms with van der Waals surface area (Å²) in [6.07, 6.45) is 0. The minimum atomic E-state index is -0.185. The molecule has 1 rings (SSSR count). The van der Waals surface area contributed by atoms with Gasteiger partial charge in [0.1, 0.15) is 0 Å². The Kier molecular flexibility index (Phi) is 3.41. The molecule has 1 aromatic carbocycles. The van der Waals surface area contributed by atoms with E-state index in [1.165, 1.54) is 13.8 Å². The van der Waals surface area contributed by atoms with Crippen LogP contribution in [-0.4, -0.2) is 11.7 Å². The number of rotatable bonds is 2. The molecule has 0 saturated carbocycles. The molecule has 0 aromatic heterocycles. The second-order valence-corrected chi connectivity index (χ2v) is 3.84. The van der Waals surface area contributed by atoms with Crippen LogP contribution in [0.4, 0.5) is 5.69 Å². The molecule has 0 unspecified atom stereocenters. The first-order valence-corrected chi connectivity index (χ1v) is 4.88. The third-order valence-corrected chi connectivity index (χ3v) is 2.16.